The number of benzene rings is 1. The summed E-state index contributed by atoms with van der Waals surface area (Å²) in [6.07, 6.45) is 6.23. The van der Waals surface area contributed by atoms with E-state index in [2.05, 4.69) is 5.32 Å². The highest BCUT2D eigenvalue weighted by Gasteiger charge is 2.42. The van der Waals surface area contributed by atoms with E-state index in [1.54, 1.807) is 18.2 Å². The lowest BCUT2D eigenvalue weighted by Gasteiger charge is -2.28. The lowest BCUT2D eigenvalue weighted by Crippen LogP contribution is -2.40. The van der Waals surface area contributed by atoms with Crippen LogP contribution in [0.15, 0.2) is 29.2 Å². The maximum atomic E-state index is 12.5. The Kier molecular flexibility index (Phi) is 4.02. The van der Waals surface area contributed by atoms with Crippen LogP contribution in [0.2, 0.25) is 0 Å². The van der Waals surface area contributed by atoms with Gasteiger partial charge >= 0.3 is 0 Å². The van der Waals surface area contributed by atoms with E-state index in [9.17, 15) is 13.2 Å². The number of sulfone groups is 1. The molecule has 0 heterocycles. The number of carbonyl (C=O) groups is 1. The van der Waals surface area contributed by atoms with Gasteiger partial charge in [-0.1, -0.05) is 18.6 Å². The fourth-order valence-electron chi connectivity index (χ4n) is 4.28. The van der Waals surface area contributed by atoms with Crippen molar-refractivity contribution in [1.29, 1.82) is 0 Å². The molecular weight excluding hydrogens is 298 g/mol. The molecule has 22 heavy (non-hydrogen) atoms. The topological polar surface area (TPSA) is 63.2 Å². The van der Waals surface area contributed by atoms with Crippen LogP contribution >= 0.6 is 0 Å². The van der Waals surface area contributed by atoms with Crippen molar-refractivity contribution >= 4 is 15.7 Å². The number of hydrogen-bond acceptors (Lipinski definition) is 3. The summed E-state index contributed by atoms with van der Waals surface area (Å²) in [5.41, 5.74) is 0.250. The van der Waals surface area contributed by atoms with Crippen LogP contribution in [0.4, 0.5) is 0 Å². The van der Waals surface area contributed by atoms with Crippen LogP contribution < -0.4 is 5.32 Å². The van der Waals surface area contributed by atoms with Crippen LogP contribution in [0.1, 0.15) is 43.0 Å². The molecule has 1 aromatic carbocycles. The Bertz CT molecular complexity index is 683. The normalized spacial score (nSPS) is 28.5. The van der Waals surface area contributed by atoms with Gasteiger partial charge in [-0.2, -0.15) is 0 Å². The standard InChI is InChI=1S/C17H23NO3S/c1-11(15-10-12-7-8-13(15)9-12)18-17(19)14-5-3-4-6-16(14)22(2,20)21/h3-6,11-13,15H,7-10H2,1-2H3,(H,18,19)/t11-,12-,13-,15+/m0/s1. The summed E-state index contributed by atoms with van der Waals surface area (Å²) in [7, 11) is -3.40. The van der Waals surface area contributed by atoms with Crippen LogP contribution in [-0.2, 0) is 9.84 Å². The third-order valence-electron chi connectivity index (χ3n) is 5.32. The molecule has 2 bridgehead atoms. The van der Waals surface area contributed by atoms with E-state index in [1.165, 1.54) is 31.7 Å². The lowest BCUT2D eigenvalue weighted by molar-refractivity contribution is 0.0912. The van der Waals surface area contributed by atoms with Gasteiger partial charge < -0.3 is 5.32 Å². The minimum Gasteiger partial charge on any atom is -0.349 e. The summed E-state index contributed by atoms with van der Waals surface area (Å²) >= 11 is 0. The van der Waals surface area contributed by atoms with Crippen molar-refractivity contribution in [1.82, 2.24) is 5.32 Å². The second-order valence-corrected chi connectivity index (χ2v) is 8.85. The summed E-state index contributed by atoms with van der Waals surface area (Å²) in [6.45, 7) is 2.05. The van der Waals surface area contributed by atoms with Gasteiger partial charge in [0.25, 0.3) is 5.91 Å². The quantitative estimate of drug-likeness (QED) is 0.927. The van der Waals surface area contributed by atoms with Crippen molar-refractivity contribution in [2.75, 3.05) is 6.26 Å². The molecular formula is C17H23NO3S. The zero-order valence-electron chi connectivity index (χ0n) is 13.1. The van der Waals surface area contributed by atoms with Crippen LogP contribution in [0.5, 0.6) is 0 Å². The van der Waals surface area contributed by atoms with E-state index in [4.69, 9.17) is 0 Å². The van der Waals surface area contributed by atoms with Gasteiger partial charge in [0.15, 0.2) is 9.84 Å². The summed E-state index contributed by atoms with van der Waals surface area (Å²) in [5.74, 6) is 1.81. The first-order valence-corrected chi connectivity index (χ1v) is 9.85. The van der Waals surface area contributed by atoms with Crippen molar-refractivity contribution in [3.8, 4) is 0 Å². The zero-order valence-corrected chi connectivity index (χ0v) is 13.9. The SMILES string of the molecule is C[C@H](NC(=O)c1ccccc1S(C)(=O)=O)[C@H]1C[C@H]2CC[C@H]1C2. The Balaban J connectivity index is 1.75. The third-order valence-corrected chi connectivity index (χ3v) is 6.48. The Morgan fingerprint density at radius 2 is 1.95 bits per heavy atom. The predicted molar refractivity (Wildman–Crippen MR) is 85.4 cm³/mol. The molecule has 1 N–H and O–H groups in total. The highest BCUT2D eigenvalue weighted by Crippen LogP contribution is 2.49. The third kappa shape index (κ3) is 2.91. The fraction of sp³-hybridized carbons (Fsp3) is 0.588. The summed E-state index contributed by atoms with van der Waals surface area (Å²) in [6, 6.07) is 6.51. The number of nitrogens with one attached hydrogen (secondary N) is 1. The Labute approximate surface area is 132 Å². The van der Waals surface area contributed by atoms with Gasteiger partial charge in [-0.3, -0.25) is 4.79 Å². The van der Waals surface area contributed by atoms with Gasteiger partial charge in [0.2, 0.25) is 0 Å². The average Bonchev–Trinajstić information content (AvgIpc) is 3.09. The van der Waals surface area contributed by atoms with Crippen molar-refractivity contribution in [2.24, 2.45) is 17.8 Å². The Morgan fingerprint density at radius 3 is 2.55 bits per heavy atom. The molecule has 3 rings (SSSR count). The molecule has 120 valence electrons. The lowest BCUT2D eigenvalue weighted by atomic mass is 9.84. The minimum atomic E-state index is -3.40. The molecule has 0 spiro atoms. The molecule has 2 saturated carbocycles. The van der Waals surface area contributed by atoms with Crippen LogP contribution in [0.25, 0.3) is 0 Å². The molecule has 1 amide bonds. The molecule has 0 saturated heterocycles. The van der Waals surface area contributed by atoms with Gasteiger partial charge in [0.1, 0.15) is 0 Å². The zero-order chi connectivity index (χ0) is 15.9. The molecule has 4 nitrogen and oxygen atoms in total. The second kappa shape index (κ2) is 5.69. The van der Waals surface area contributed by atoms with Gasteiger partial charge in [-0.05, 0) is 56.1 Å². The molecule has 0 radical (unpaired) electrons. The van der Waals surface area contributed by atoms with E-state index in [0.29, 0.717) is 5.92 Å². The summed E-state index contributed by atoms with van der Waals surface area (Å²) < 4.78 is 23.6. The number of carbonyl (C=O) groups excluding carboxylic acids is 1. The monoisotopic (exact) mass is 321 g/mol. The smallest absolute Gasteiger partial charge is 0.252 e. The molecule has 0 aromatic heterocycles. The average molecular weight is 321 g/mol. The maximum Gasteiger partial charge on any atom is 0.252 e. The van der Waals surface area contributed by atoms with Crippen molar-refractivity contribution in [3.63, 3.8) is 0 Å². The molecule has 0 unspecified atom stereocenters. The van der Waals surface area contributed by atoms with Crippen LogP contribution in [0.3, 0.4) is 0 Å². The summed E-state index contributed by atoms with van der Waals surface area (Å²) in [4.78, 5) is 12.6. The molecule has 2 aliphatic carbocycles. The van der Waals surface area contributed by atoms with Crippen molar-refractivity contribution < 1.29 is 13.2 Å². The highest BCUT2D eigenvalue weighted by atomic mass is 32.2. The van der Waals surface area contributed by atoms with Crippen LogP contribution in [-0.4, -0.2) is 26.6 Å². The van der Waals surface area contributed by atoms with Crippen molar-refractivity contribution in [2.45, 2.75) is 43.5 Å². The van der Waals surface area contributed by atoms with Crippen LogP contribution in [0, 0.1) is 17.8 Å². The first kappa shape index (κ1) is 15.5. The molecule has 5 heteroatoms. The number of hydrogen-bond donors (Lipinski definition) is 1. The van der Waals surface area contributed by atoms with Gasteiger partial charge in [0.05, 0.1) is 10.5 Å². The van der Waals surface area contributed by atoms with Crippen molar-refractivity contribution in [3.05, 3.63) is 29.8 Å². The van der Waals surface area contributed by atoms with E-state index in [1.807, 2.05) is 6.92 Å². The highest BCUT2D eigenvalue weighted by molar-refractivity contribution is 7.90. The minimum absolute atomic E-state index is 0.0930. The number of amides is 1. The molecule has 4 atom stereocenters. The van der Waals surface area contributed by atoms with E-state index < -0.39 is 9.84 Å². The number of fused-ring (bicyclic) bond motifs is 2. The summed E-state index contributed by atoms with van der Waals surface area (Å²) in [5, 5.41) is 3.03. The van der Waals surface area contributed by atoms with E-state index >= 15 is 0 Å². The molecule has 1 aromatic rings. The number of rotatable bonds is 4. The second-order valence-electron chi connectivity index (χ2n) is 6.87. The first-order chi connectivity index (χ1) is 10.4. The Hall–Kier alpha value is -1.36. The maximum absolute atomic E-state index is 12.5. The van der Waals surface area contributed by atoms with Gasteiger partial charge in [-0.15, -0.1) is 0 Å². The Morgan fingerprint density at radius 1 is 1.23 bits per heavy atom. The fourth-order valence-corrected chi connectivity index (χ4v) is 5.16. The van der Waals surface area contributed by atoms with E-state index in [0.717, 1.165) is 18.1 Å². The van der Waals surface area contributed by atoms with E-state index in [-0.39, 0.29) is 22.4 Å². The van der Waals surface area contributed by atoms with Gasteiger partial charge in [0, 0.05) is 12.3 Å². The molecule has 2 fully saturated rings. The molecule has 0 aliphatic heterocycles. The predicted octanol–water partition coefficient (Wildman–Crippen LogP) is 2.64. The van der Waals surface area contributed by atoms with Gasteiger partial charge in [-0.25, -0.2) is 8.42 Å². The largest absolute Gasteiger partial charge is 0.349 e. The first-order valence-electron chi connectivity index (χ1n) is 7.96. The molecule has 2 aliphatic rings.